The van der Waals surface area contributed by atoms with Crippen LogP contribution in [-0.4, -0.2) is 119 Å². The molecule has 2 amide bonds. The van der Waals surface area contributed by atoms with Crippen LogP contribution >= 0.6 is 0 Å². The van der Waals surface area contributed by atoms with Gasteiger partial charge in [0.05, 0.1) is 24.8 Å². The molecule has 1 fully saturated rings. The molecule has 13 nitrogen and oxygen atoms in total. The molecule has 1 saturated heterocycles. The number of ketones is 2. The molecule has 248 valence electrons. The van der Waals surface area contributed by atoms with Crippen molar-refractivity contribution in [2.45, 2.75) is 24.5 Å². The second-order valence-electron chi connectivity index (χ2n) is 12.7. The molecule has 0 saturated carbocycles. The Balaban J connectivity index is 1.35. The Labute approximate surface area is 270 Å². The average molecular weight is 647 g/mol. The van der Waals surface area contributed by atoms with Crippen LogP contribution in [0.2, 0.25) is 0 Å². The van der Waals surface area contributed by atoms with E-state index in [0.29, 0.717) is 48.6 Å². The Morgan fingerprint density at radius 2 is 1.83 bits per heavy atom. The lowest BCUT2D eigenvalue weighted by Gasteiger charge is -2.50. The van der Waals surface area contributed by atoms with Crippen LogP contribution in [0.15, 0.2) is 59.1 Å². The van der Waals surface area contributed by atoms with Crippen molar-refractivity contribution in [2.24, 2.45) is 17.6 Å². The largest absolute Gasteiger partial charge is 0.510 e. The van der Waals surface area contributed by atoms with E-state index in [1.807, 2.05) is 0 Å². The van der Waals surface area contributed by atoms with Gasteiger partial charge in [-0.2, -0.15) is 0 Å². The number of nitrogens with one attached hydrogen (secondary N) is 1. The summed E-state index contributed by atoms with van der Waals surface area (Å²) >= 11 is 0. The van der Waals surface area contributed by atoms with E-state index < -0.39 is 58.0 Å². The van der Waals surface area contributed by atoms with E-state index in [1.165, 1.54) is 11.0 Å². The summed E-state index contributed by atoms with van der Waals surface area (Å²) in [4.78, 5) is 56.6. The number of phenols is 1. The maximum absolute atomic E-state index is 14.1. The third-order valence-corrected chi connectivity index (χ3v) is 9.86. The first-order chi connectivity index (χ1) is 22.4. The monoisotopic (exact) mass is 646 g/mol. The van der Waals surface area contributed by atoms with Crippen molar-refractivity contribution in [3.05, 3.63) is 75.8 Å². The van der Waals surface area contributed by atoms with E-state index in [9.17, 15) is 39.6 Å². The van der Waals surface area contributed by atoms with Gasteiger partial charge < -0.3 is 36.2 Å². The standard InChI is InChI=1S/C34H38N4O9/c1-37(2)27-22-16-19-15-21-20(17-4-3-5-18(14-17)33(45)36-8-9-38-10-12-47-13-11-38)6-7-23(39)25(21)28(40)24(19)30(42)34(22,46)31(43)26(29(27)41)32(35)44/h3-7,14,19,22,27,39,41-42,46H,8-13,15-16H2,1-2H3,(H2,35,44)(H,36,45)/t19-,22-,27-,34-/m0/s1. The first-order valence-electron chi connectivity index (χ1n) is 15.5. The summed E-state index contributed by atoms with van der Waals surface area (Å²) in [7, 11) is 3.16. The number of hydrogen-bond acceptors (Lipinski definition) is 11. The molecule has 1 aliphatic heterocycles. The van der Waals surface area contributed by atoms with Crippen LogP contribution in [-0.2, 0) is 20.7 Å². The number of ether oxygens (including phenoxy) is 1. The summed E-state index contributed by atoms with van der Waals surface area (Å²) in [6, 6.07) is 8.84. The molecule has 0 aromatic heterocycles. The Morgan fingerprint density at radius 3 is 2.51 bits per heavy atom. The highest BCUT2D eigenvalue weighted by atomic mass is 16.5. The number of benzene rings is 2. The first-order valence-corrected chi connectivity index (χ1v) is 15.5. The molecule has 0 spiro atoms. The molecule has 0 bridgehead atoms. The van der Waals surface area contributed by atoms with Crippen molar-refractivity contribution in [1.29, 1.82) is 0 Å². The number of nitrogens with two attached hydrogens (primary N) is 1. The normalized spacial score (nSPS) is 26.2. The van der Waals surface area contributed by atoms with Crippen LogP contribution < -0.4 is 11.1 Å². The van der Waals surface area contributed by atoms with Crippen molar-refractivity contribution in [2.75, 3.05) is 53.5 Å². The van der Waals surface area contributed by atoms with E-state index >= 15 is 0 Å². The number of aliphatic hydroxyl groups excluding tert-OH is 2. The van der Waals surface area contributed by atoms with Crippen LogP contribution in [0.3, 0.4) is 0 Å². The number of rotatable bonds is 7. The van der Waals surface area contributed by atoms with Gasteiger partial charge in [-0.25, -0.2) is 0 Å². The zero-order chi connectivity index (χ0) is 33.8. The molecular formula is C34H38N4O9. The number of Topliss-reactive ketones (excluding diaryl/α,β-unsaturated/α-hetero) is 2. The number of aliphatic hydroxyl groups is 3. The number of phenolic OH excluding ortho intramolecular Hbond substituents is 1. The highest BCUT2D eigenvalue weighted by Crippen LogP contribution is 2.53. The van der Waals surface area contributed by atoms with E-state index in [4.69, 9.17) is 10.5 Å². The minimum atomic E-state index is -2.71. The SMILES string of the molecule is CN(C)[C@@H]1C(O)=C(C(N)=O)C(=O)[C@@]2(O)C(O)=C3C(=O)c4c(O)ccc(-c5cccc(C(=O)NCCN6CCOCC6)c5)c4C[C@H]3C[C@@H]12. The number of allylic oxidation sites excluding steroid dienone is 1. The Bertz CT molecular complexity index is 1740. The van der Waals surface area contributed by atoms with E-state index in [0.717, 1.165) is 13.1 Å². The highest BCUT2D eigenvalue weighted by Gasteiger charge is 2.63. The predicted octanol–water partition coefficient (Wildman–Crippen LogP) is 0.850. The van der Waals surface area contributed by atoms with Gasteiger partial charge in [-0.15, -0.1) is 0 Å². The third-order valence-electron chi connectivity index (χ3n) is 9.86. The Morgan fingerprint density at radius 1 is 1.11 bits per heavy atom. The lowest BCUT2D eigenvalue weighted by atomic mass is 9.58. The van der Waals surface area contributed by atoms with Gasteiger partial charge in [-0.1, -0.05) is 18.2 Å². The smallest absolute Gasteiger partial charge is 0.255 e. The van der Waals surface area contributed by atoms with E-state index in [2.05, 4.69) is 10.2 Å². The lowest BCUT2D eigenvalue weighted by molar-refractivity contribution is -0.148. The minimum absolute atomic E-state index is 0.0214. The van der Waals surface area contributed by atoms with Gasteiger partial charge in [0.1, 0.15) is 22.8 Å². The number of aromatic hydroxyl groups is 1. The molecule has 0 radical (unpaired) electrons. The quantitative estimate of drug-likeness (QED) is 0.233. The van der Waals surface area contributed by atoms with Gasteiger partial charge in [0, 0.05) is 43.2 Å². The van der Waals surface area contributed by atoms with Gasteiger partial charge in [-0.3, -0.25) is 29.0 Å². The Hall–Kier alpha value is -4.56. The number of carbonyl (C=O) groups excluding carboxylic acids is 4. The van der Waals surface area contributed by atoms with Gasteiger partial charge in [-0.05, 0) is 67.7 Å². The summed E-state index contributed by atoms with van der Waals surface area (Å²) in [5.41, 5.74) is 3.63. The van der Waals surface area contributed by atoms with Crippen LogP contribution in [0.1, 0.15) is 32.7 Å². The Kier molecular flexibility index (Phi) is 8.43. The lowest BCUT2D eigenvalue weighted by Crippen LogP contribution is -2.63. The average Bonchev–Trinajstić information content (AvgIpc) is 3.03. The fourth-order valence-corrected chi connectivity index (χ4v) is 7.60. The summed E-state index contributed by atoms with van der Waals surface area (Å²) < 4.78 is 5.37. The third kappa shape index (κ3) is 5.28. The number of carbonyl (C=O) groups is 4. The molecule has 2 aromatic carbocycles. The molecule has 1 heterocycles. The fraction of sp³-hybridized carbons (Fsp3) is 0.412. The minimum Gasteiger partial charge on any atom is -0.510 e. The molecule has 4 atom stereocenters. The van der Waals surface area contributed by atoms with Crippen LogP contribution in [0.25, 0.3) is 11.1 Å². The van der Waals surface area contributed by atoms with Crippen molar-refractivity contribution in [3.63, 3.8) is 0 Å². The van der Waals surface area contributed by atoms with Crippen LogP contribution in [0.5, 0.6) is 5.75 Å². The zero-order valence-electron chi connectivity index (χ0n) is 26.2. The number of likely N-dealkylation sites (N-methyl/N-ethyl adjacent to an activating group) is 1. The van der Waals surface area contributed by atoms with Crippen LogP contribution in [0.4, 0.5) is 0 Å². The molecule has 3 aliphatic carbocycles. The predicted molar refractivity (Wildman–Crippen MR) is 169 cm³/mol. The molecule has 47 heavy (non-hydrogen) atoms. The highest BCUT2D eigenvalue weighted by molar-refractivity contribution is 6.25. The van der Waals surface area contributed by atoms with Crippen molar-refractivity contribution >= 4 is 23.4 Å². The topological polar surface area (TPSA) is 203 Å². The first kappa shape index (κ1) is 32.4. The van der Waals surface area contributed by atoms with Gasteiger partial charge in [0.25, 0.3) is 11.8 Å². The summed E-state index contributed by atoms with van der Waals surface area (Å²) in [6.07, 6.45) is 0.112. The van der Waals surface area contributed by atoms with Gasteiger partial charge in [0.2, 0.25) is 5.78 Å². The molecule has 6 rings (SSSR count). The van der Waals surface area contributed by atoms with E-state index in [-0.39, 0.29) is 35.6 Å². The van der Waals surface area contributed by atoms with Crippen LogP contribution in [0, 0.1) is 11.8 Å². The van der Waals surface area contributed by atoms with Gasteiger partial charge >= 0.3 is 0 Å². The summed E-state index contributed by atoms with van der Waals surface area (Å²) in [5, 5.41) is 48.1. The maximum Gasteiger partial charge on any atom is 0.255 e. The summed E-state index contributed by atoms with van der Waals surface area (Å²) in [5.74, 6) is -7.33. The molecular weight excluding hydrogens is 608 g/mol. The maximum atomic E-state index is 14.1. The van der Waals surface area contributed by atoms with Crippen molar-refractivity contribution < 1.29 is 44.3 Å². The van der Waals surface area contributed by atoms with Crippen molar-refractivity contribution in [1.82, 2.24) is 15.1 Å². The second kappa shape index (κ2) is 12.2. The summed E-state index contributed by atoms with van der Waals surface area (Å²) in [6.45, 7) is 4.11. The number of primary amides is 1. The number of hydrogen-bond donors (Lipinski definition) is 6. The number of morpholine rings is 1. The van der Waals surface area contributed by atoms with Gasteiger partial charge in [0.15, 0.2) is 11.4 Å². The van der Waals surface area contributed by atoms with E-state index in [1.54, 1.807) is 44.4 Å². The molecule has 7 N–H and O–H groups in total. The fourth-order valence-electron chi connectivity index (χ4n) is 7.60. The molecule has 13 heteroatoms. The molecule has 2 aromatic rings. The van der Waals surface area contributed by atoms with Crippen molar-refractivity contribution in [3.8, 4) is 16.9 Å². The second-order valence-corrected chi connectivity index (χ2v) is 12.7. The number of fused-ring (bicyclic) bond motifs is 3. The molecule has 0 unspecified atom stereocenters. The zero-order valence-corrected chi connectivity index (χ0v) is 26.2. The molecule has 4 aliphatic rings. The number of nitrogens with zero attached hydrogens (tertiary/aromatic N) is 2. The number of amides is 2.